The van der Waals surface area contributed by atoms with Crippen molar-refractivity contribution >= 4 is 17.9 Å². The summed E-state index contributed by atoms with van der Waals surface area (Å²) in [7, 11) is 0. The summed E-state index contributed by atoms with van der Waals surface area (Å²) in [4.78, 5) is 35.2. The van der Waals surface area contributed by atoms with Gasteiger partial charge in [0.25, 0.3) is 5.91 Å². The Morgan fingerprint density at radius 1 is 1.16 bits per heavy atom. The zero-order valence-electron chi connectivity index (χ0n) is 15.3. The van der Waals surface area contributed by atoms with E-state index in [-0.39, 0.29) is 13.0 Å². The molecule has 0 heterocycles. The van der Waals surface area contributed by atoms with Crippen LogP contribution < -0.4 is 15.4 Å². The number of carbonyl (C=O) groups excluding carboxylic acids is 3. The maximum Gasteiger partial charge on any atom is 0.321 e. The number of rotatable bonds is 6. The van der Waals surface area contributed by atoms with Crippen LogP contribution in [-0.4, -0.2) is 36.2 Å². The van der Waals surface area contributed by atoms with Crippen LogP contribution in [0.15, 0.2) is 24.3 Å². The van der Waals surface area contributed by atoms with Crippen LogP contribution in [0.3, 0.4) is 0 Å². The molecule has 0 saturated heterocycles. The van der Waals surface area contributed by atoms with E-state index in [1.165, 1.54) is 6.92 Å². The number of urea groups is 1. The Morgan fingerprint density at radius 3 is 2.40 bits per heavy atom. The summed E-state index contributed by atoms with van der Waals surface area (Å²) in [6.45, 7) is 8.81. The van der Waals surface area contributed by atoms with E-state index in [1.54, 1.807) is 20.8 Å². The van der Waals surface area contributed by atoms with E-state index in [2.05, 4.69) is 10.6 Å². The zero-order chi connectivity index (χ0) is 19.0. The van der Waals surface area contributed by atoms with Crippen molar-refractivity contribution in [3.63, 3.8) is 0 Å². The molecule has 0 aromatic heterocycles. The highest BCUT2D eigenvalue weighted by atomic mass is 16.5. The largest absolute Gasteiger partial charge is 0.493 e. The first-order valence-electron chi connectivity index (χ1n) is 8.09. The van der Waals surface area contributed by atoms with E-state index in [9.17, 15) is 14.4 Å². The molecule has 0 aliphatic heterocycles. The number of carbonyl (C=O) groups is 3. The lowest BCUT2D eigenvalue weighted by atomic mass is 10.1. The Hall–Kier alpha value is -2.57. The molecule has 0 aliphatic carbocycles. The van der Waals surface area contributed by atoms with Crippen molar-refractivity contribution < 1.29 is 23.9 Å². The van der Waals surface area contributed by atoms with E-state index >= 15 is 0 Å². The van der Waals surface area contributed by atoms with Crippen molar-refractivity contribution in [1.82, 2.24) is 10.6 Å². The average molecular weight is 350 g/mol. The van der Waals surface area contributed by atoms with Gasteiger partial charge in [0, 0.05) is 5.54 Å². The molecule has 1 aromatic rings. The van der Waals surface area contributed by atoms with Gasteiger partial charge < -0.3 is 14.8 Å². The average Bonchev–Trinajstić information content (AvgIpc) is 2.47. The van der Waals surface area contributed by atoms with E-state index in [0.717, 1.165) is 5.56 Å². The van der Waals surface area contributed by atoms with Gasteiger partial charge in [0.2, 0.25) is 0 Å². The molecule has 25 heavy (non-hydrogen) atoms. The van der Waals surface area contributed by atoms with Gasteiger partial charge >= 0.3 is 12.0 Å². The second-order valence-corrected chi connectivity index (χ2v) is 6.69. The third kappa shape index (κ3) is 8.19. The highest BCUT2D eigenvalue weighted by Gasteiger charge is 2.22. The molecule has 0 unspecified atom stereocenters. The predicted octanol–water partition coefficient (Wildman–Crippen LogP) is 2.32. The van der Waals surface area contributed by atoms with Gasteiger partial charge in [-0.2, -0.15) is 0 Å². The lowest BCUT2D eigenvalue weighted by molar-refractivity contribution is -0.154. The number of amides is 3. The van der Waals surface area contributed by atoms with Crippen molar-refractivity contribution in [1.29, 1.82) is 0 Å². The number of hydrogen-bond donors (Lipinski definition) is 2. The number of esters is 1. The van der Waals surface area contributed by atoms with Crippen LogP contribution in [0.2, 0.25) is 0 Å². The minimum absolute atomic E-state index is 0.000141. The highest BCUT2D eigenvalue weighted by Crippen LogP contribution is 2.16. The Kier molecular flexibility index (Phi) is 7.42. The second-order valence-electron chi connectivity index (χ2n) is 6.69. The van der Waals surface area contributed by atoms with Crippen LogP contribution in [-0.2, 0) is 14.3 Å². The molecule has 2 N–H and O–H groups in total. The molecule has 138 valence electrons. The molecular formula is C18H26N2O5. The van der Waals surface area contributed by atoms with Gasteiger partial charge in [0.15, 0.2) is 6.10 Å². The third-order valence-corrected chi connectivity index (χ3v) is 3.06. The van der Waals surface area contributed by atoms with Crippen molar-refractivity contribution in [2.45, 2.75) is 52.7 Å². The molecule has 0 radical (unpaired) electrons. The zero-order valence-corrected chi connectivity index (χ0v) is 15.3. The van der Waals surface area contributed by atoms with E-state index in [1.807, 2.05) is 31.2 Å². The lowest BCUT2D eigenvalue weighted by Crippen LogP contribution is -2.50. The van der Waals surface area contributed by atoms with Gasteiger partial charge in [-0.3, -0.25) is 14.9 Å². The second kappa shape index (κ2) is 9.05. The SMILES string of the molecule is Cc1ccccc1OCCC(=O)O[C@H](C)C(=O)NC(=O)NC(C)(C)C. The molecule has 3 amide bonds. The summed E-state index contributed by atoms with van der Waals surface area (Å²) >= 11 is 0. The smallest absolute Gasteiger partial charge is 0.321 e. The van der Waals surface area contributed by atoms with Crippen LogP contribution in [0.4, 0.5) is 4.79 Å². The summed E-state index contributed by atoms with van der Waals surface area (Å²) in [5, 5.41) is 4.72. The molecule has 0 fully saturated rings. The van der Waals surface area contributed by atoms with Crippen LogP contribution in [0.1, 0.15) is 39.7 Å². The number of aryl methyl sites for hydroxylation is 1. The molecule has 7 nitrogen and oxygen atoms in total. The quantitative estimate of drug-likeness (QED) is 0.768. The fourth-order valence-corrected chi connectivity index (χ4v) is 1.86. The van der Waals surface area contributed by atoms with E-state index < -0.39 is 29.6 Å². The van der Waals surface area contributed by atoms with Crippen LogP contribution in [0.25, 0.3) is 0 Å². The molecule has 0 saturated carbocycles. The first-order chi connectivity index (χ1) is 11.6. The van der Waals surface area contributed by atoms with Gasteiger partial charge in [-0.15, -0.1) is 0 Å². The molecule has 1 aromatic carbocycles. The van der Waals surface area contributed by atoms with E-state index in [0.29, 0.717) is 5.75 Å². The number of para-hydroxylation sites is 1. The summed E-state index contributed by atoms with van der Waals surface area (Å²) in [5.41, 5.74) is 0.491. The first kappa shape index (κ1) is 20.5. The molecule has 0 aliphatic rings. The van der Waals surface area contributed by atoms with Crippen molar-refractivity contribution in [2.24, 2.45) is 0 Å². The van der Waals surface area contributed by atoms with Crippen LogP contribution in [0.5, 0.6) is 5.75 Å². The number of benzene rings is 1. The van der Waals surface area contributed by atoms with Crippen LogP contribution >= 0.6 is 0 Å². The Balaban J connectivity index is 2.34. The number of imide groups is 1. The summed E-state index contributed by atoms with van der Waals surface area (Å²) in [6, 6.07) is 6.82. The number of nitrogens with one attached hydrogen (secondary N) is 2. The maximum absolute atomic E-state index is 11.8. The molecule has 1 atom stereocenters. The normalized spacial score (nSPS) is 12.0. The molecular weight excluding hydrogens is 324 g/mol. The van der Waals surface area contributed by atoms with Crippen molar-refractivity contribution in [3.05, 3.63) is 29.8 Å². The Bertz CT molecular complexity index is 622. The number of ether oxygens (including phenoxy) is 2. The maximum atomic E-state index is 11.8. The lowest BCUT2D eigenvalue weighted by Gasteiger charge is -2.21. The predicted molar refractivity (Wildman–Crippen MR) is 93.3 cm³/mol. The Morgan fingerprint density at radius 2 is 1.80 bits per heavy atom. The van der Waals surface area contributed by atoms with Gasteiger partial charge in [-0.05, 0) is 46.2 Å². The summed E-state index contributed by atoms with van der Waals surface area (Å²) in [5.74, 6) is -0.567. The van der Waals surface area contributed by atoms with Crippen molar-refractivity contribution in [3.8, 4) is 5.75 Å². The van der Waals surface area contributed by atoms with E-state index in [4.69, 9.17) is 9.47 Å². The third-order valence-electron chi connectivity index (χ3n) is 3.06. The number of hydrogen-bond acceptors (Lipinski definition) is 5. The van der Waals surface area contributed by atoms with Gasteiger partial charge in [-0.1, -0.05) is 18.2 Å². The highest BCUT2D eigenvalue weighted by molar-refractivity contribution is 5.97. The minimum atomic E-state index is -1.07. The molecule has 1 rings (SSSR count). The van der Waals surface area contributed by atoms with Crippen LogP contribution in [0, 0.1) is 6.92 Å². The minimum Gasteiger partial charge on any atom is -0.493 e. The van der Waals surface area contributed by atoms with Crippen molar-refractivity contribution in [2.75, 3.05) is 6.61 Å². The Labute approximate surface area is 148 Å². The fraction of sp³-hybridized carbons (Fsp3) is 0.500. The summed E-state index contributed by atoms with van der Waals surface area (Å²) < 4.78 is 10.5. The monoisotopic (exact) mass is 350 g/mol. The summed E-state index contributed by atoms with van der Waals surface area (Å²) in [6.07, 6.45) is -1.07. The standard InChI is InChI=1S/C18H26N2O5/c1-12-8-6-7-9-14(12)24-11-10-15(21)25-13(2)16(22)19-17(23)20-18(3,4)5/h6-9,13H,10-11H2,1-5H3,(H2,19,20,22,23)/t13-/m1/s1. The topological polar surface area (TPSA) is 93.7 Å². The van der Waals surface area contributed by atoms with Gasteiger partial charge in [-0.25, -0.2) is 4.79 Å². The van der Waals surface area contributed by atoms with Gasteiger partial charge in [0.1, 0.15) is 5.75 Å². The molecule has 7 heteroatoms. The first-order valence-corrected chi connectivity index (χ1v) is 8.09. The fourth-order valence-electron chi connectivity index (χ4n) is 1.86. The molecule has 0 bridgehead atoms. The van der Waals surface area contributed by atoms with Gasteiger partial charge in [0.05, 0.1) is 13.0 Å². The molecule has 0 spiro atoms.